The van der Waals surface area contributed by atoms with Gasteiger partial charge in [-0.05, 0) is 69.4 Å². The molecule has 0 spiro atoms. The maximum absolute atomic E-state index is 12.7. The largest absolute Gasteiger partial charge is 0.478 e. The van der Waals surface area contributed by atoms with Gasteiger partial charge in [0.05, 0.1) is 0 Å². The fourth-order valence-corrected chi connectivity index (χ4v) is 3.46. The van der Waals surface area contributed by atoms with Gasteiger partial charge < -0.3 is 14.7 Å². The zero-order valence-electron chi connectivity index (χ0n) is 16.6. The Morgan fingerprint density at radius 1 is 1.07 bits per heavy atom. The number of benzene rings is 2. The van der Waals surface area contributed by atoms with E-state index in [0.29, 0.717) is 24.8 Å². The molecular formula is C23H27NO4. The van der Waals surface area contributed by atoms with Crippen LogP contribution in [0, 0.1) is 6.92 Å². The monoisotopic (exact) mass is 381 g/mol. The van der Waals surface area contributed by atoms with Crippen LogP contribution in [0.2, 0.25) is 0 Å². The van der Waals surface area contributed by atoms with E-state index < -0.39 is 11.6 Å². The molecule has 0 aromatic heterocycles. The van der Waals surface area contributed by atoms with Gasteiger partial charge in [0.25, 0.3) is 5.91 Å². The Morgan fingerprint density at radius 3 is 2.32 bits per heavy atom. The highest BCUT2D eigenvalue weighted by molar-refractivity contribution is 5.94. The molecule has 0 atom stereocenters. The van der Waals surface area contributed by atoms with Crippen molar-refractivity contribution in [1.29, 1.82) is 0 Å². The van der Waals surface area contributed by atoms with Crippen LogP contribution < -0.4 is 4.74 Å². The molecule has 3 rings (SSSR count). The lowest BCUT2D eigenvalue weighted by molar-refractivity contribution is -0.152. The lowest BCUT2D eigenvalue weighted by Crippen LogP contribution is -2.38. The molecule has 1 heterocycles. The minimum Gasteiger partial charge on any atom is -0.478 e. The Morgan fingerprint density at radius 2 is 1.71 bits per heavy atom. The highest BCUT2D eigenvalue weighted by Gasteiger charge is 2.30. The maximum Gasteiger partial charge on any atom is 0.347 e. The third-order valence-electron chi connectivity index (χ3n) is 5.30. The molecule has 5 nitrogen and oxygen atoms in total. The van der Waals surface area contributed by atoms with Gasteiger partial charge in [-0.25, -0.2) is 4.79 Å². The molecule has 0 radical (unpaired) electrons. The van der Waals surface area contributed by atoms with Crippen LogP contribution >= 0.6 is 0 Å². The van der Waals surface area contributed by atoms with E-state index in [-0.39, 0.29) is 5.91 Å². The van der Waals surface area contributed by atoms with Crippen molar-refractivity contribution in [3.05, 3.63) is 65.2 Å². The number of rotatable bonds is 5. The van der Waals surface area contributed by atoms with E-state index >= 15 is 0 Å². The Balaban J connectivity index is 1.63. The molecule has 1 saturated heterocycles. The molecule has 0 unspecified atom stereocenters. The van der Waals surface area contributed by atoms with Gasteiger partial charge in [-0.1, -0.05) is 29.8 Å². The molecule has 0 aliphatic carbocycles. The van der Waals surface area contributed by atoms with Crippen molar-refractivity contribution in [2.24, 2.45) is 0 Å². The second kappa shape index (κ2) is 8.05. The summed E-state index contributed by atoms with van der Waals surface area (Å²) in [4.78, 5) is 25.9. The van der Waals surface area contributed by atoms with Crippen molar-refractivity contribution in [2.45, 2.75) is 45.1 Å². The molecule has 2 aromatic rings. The SMILES string of the molecule is Cc1ccc(C(=O)N2CCC(c3cccc(OC(C)(C)C(=O)O)c3)CC2)cc1. The summed E-state index contributed by atoms with van der Waals surface area (Å²) in [5, 5.41) is 9.25. The van der Waals surface area contributed by atoms with Crippen molar-refractivity contribution in [1.82, 2.24) is 4.90 Å². The molecule has 1 fully saturated rings. The van der Waals surface area contributed by atoms with Crippen LogP contribution in [0.5, 0.6) is 5.75 Å². The zero-order valence-corrected chi connectivity index (χ0v) is 16.6. The lowest BCUT2D eigenvalue weighted by atomic mass is 9.89. The number of ether oxygens (including phenoxy) is 1. The average molecular weight is 381 g/mol. The zero-order chi connectivity index (χ0) is 20.3. The number of aliphatic carboxylic acids is 1. The van der Waals surface area contributed by atoms with Crippen LogP contribution in [0.25, 0.3) is 0 Å². The third-order valence-corrected chi connectivity index (χ3v) is 5.30. The number of nitrogens with zero attached hydrogens (tertiary/aromatic N) is 1. The van der Waals surface area contributed by atoms with E-state index in [1.807, 2.05) is 54.3 Å². The number of piperidine rings is 1. The molecule has 1 aliphatic heterocycles. The number of carboxylic acids is 1. The van der Waals surface area contributed by atoms with E-state index in [4.69, 9.17) is 4.74 Å². The Bertz CT molecular complexity index is 849. The van der Waals surface area contributed by atoms with Gasteiger partial charge in [0.2, 0.25) is 0 Å². The summed E-state index contributed by atoms with van der Waals surface area (Å²) in [5.41, 5.74) is 1.72. The van der Waals surface area contributed by atoms with Crippen molar-refractivity contribution >= 4 is 11.9 Å². The number of hydrogen-bond donors (Lipinski definition) is 1. The first-order valence-corrected chi connectivity index (χ1v) is 9.64. The van der Waals surface area contributed by atoms with Crippen LogP contribution in [0.3, 0.4) is 0 Å². The number of aryl methyl sites for hydroxylation is 1. The second-order valence-electron chi connectivity index (χ2n) is 7.92. The predicted octanol–water partition coefficient (Wildman–Crippen LogP) is 4.26. The first-order chi connectivity index (χ1) is 13.3. The number of carboxylic acid groups (broad SMARTS) is 1. The Labute approximate surface area is 165 Å². The molecule has 1 N–H and O–H groups in total. The highest BCUT2D eigenvalue weighted by Crippen LogP contribution is 2.31. The van der Waals surface area contributed by atoms with Gasteiger partial charge in [-0.3, -0.25) is 4.79 Å². The maximum atomic E-state index is 12.7. The third kappa shape index (κ3) is 4.53. The minimum atomic E-state index is -1.28. The topological polar surface area (TPSA) is 66.8 Å². The van der Waals surface area contributed by atoms with E-state index in [9.17, 15) is 14.7 Å². The highest BCUT2D eigenvalue weighted by atomic mass is 16.5. The molecule has 28 heavy (non-hydrogen) atoms. The number of likely N-dealkylation sites (tertiary alicyclic amines) is 1. The molecule has 1 amide bonds. The number of hydrogen-bond acceptors (Lipinski definition) is 3. The van der Waals surface area contributed by atoms with Crippen LogP contribution in [0.4, 0.5) is 0 Å². The summed E-state index contributed by atoms with van der Waals surface area (Å²) in [5.74, 6) is -0.0267. The fourth-order valence-electron chi connectivity index (χ4n) is 3.46. The van der Waals surface area contributed by atoms with E-state index in [1.165, 1.54) is 13.8 Å². The fraction of sp³-hybridized carbons (Fsp3) is 0.391. The normalized spacial score (nSPS) is 15.3. The second-order valence-corrected chi connectivity index (χ2v) is 7.92. The molecule has 0 bridgehead atoms. The molecule has 148 valence electrons. The summed E-state index contributed by atoms with van der Waals surface area (Å²) >= 11 is 0. The number of carbonyl (C=O) groups excluding carboxylic acids is 1. The minimum absolute atomic E-state index is 0.0822. The molecule has 2 aromatic carbocycles. The standard InChI is InChI=1S/C23H27NO4/c1-16-7-9-18(10-8-16)21(25)24-13-11-17(12-14-24)19-5-4-6-20(15-19)28-23(2,3)22(26)27/h4-10,15,17H,11-14H2,1-3H3,(H,26,27). The quantitative estimate of drug-likeness (QED) is 0.840. The van der Waals surface area contributed by atoms with Gasteiger partial charge >= 0.3 is 5.97 Å². The average Bonchev–Trinajstić information content (AvgIpc) is 2.68. The first kappa shape index (κ1) is 19.9. The van der Waals surface area contributed by atoms with Gasteiger partial charge in [0.1, 0.15) is 5.75 Å². The van der Waals surface area contributed by atoms with Gasteiger partial charge in [0.15, 0.2) is 5.60 Å². The van der Waals surface area contributed by atoms with Crippen molar-refractivity contribution in [3.8, 4) is 5.75 Å². The summed E-state index contributed by atoms with van der Waals surface area (Å²) in [6, 6.07) is 15.3. The smallest absolute Gasteiger partial charge is 0.347 e. The van der Waals surface area contributed by atoms with E-state index in [1.54, 1.807) is 6.07 Å². The summed E-state index contributed by atoms with van der Waals surface area (Å²) < 4.78 is 5.66. The van der Waals surface area contributed by atoms with Crippen LogP contribution in [-0.4, -0.2) is 40.6 Å². The van der Waals surface area contributed by atoms with Crippen molar-refractivity contribution in [3.63, 3.8) is 0 Å². The predicted molar refractivity (Wildman–Crippen MR) is 108 cm³/mol. The van der Waals surface area contributed by atoms with Crippen LogP contribution in [0.15, 0.2) is 48.5 Å². The van der Waals surface area contributed by atoms with E-state index in [2.05, 4.69) is 0 Å². The van der Waals surface area contributed by atoms with Crippen molar-refractivity contribution < 1.29 is 19.4 Å². The molecule has 1 aliphatic rings. The summed E-state index contributed by atoms with van der Waals surface area (Å²) in [6.45, 7) is 6.51. The lowest BCUT2D eigenvalue weighted by Gasteiger charge is -2.32. The van der Waals surface area contributed by atoms with Gasteiger partial charge in [-0.2, -0.15) is 0 Å². The van der Waals surface area contributed by atoms with Crippen molar-refractivity contribution in [2.75, 3.05) is 13.1 Å². The molecule has 0 saturated carbocycles. The Hall–Kier alpha value is -2.82. The van der Waals surface area contributed by atoms with Gasteiger partial charge in [-0.15, -0.1) is 0 Å². The molecular weight excluding hydrogens is 354 g/mol. The molecule has 5 heteroatoms. The van der Waals surface area contributed by atoms with E-state index in [0.717, 1.165) is 29.5 Å². The summed E-state index contributed by atoms with van der Waals surface area (Å²) in [7, 11) is 0. The van der Waals surface area contributed by atoms with Crippen LogP contribution in [-0.2, 0) is 4.79 Å². The first-order valence-electron chi connectivity index (χ1n) is 9.64. The van der Waals surface area contributed by atoms with Crippen LogP contribution in [0.1, 0.15) is 54.1 Å². The number of carbonyl (C=O) groups is 2. The summed E-state index contributed by atoms with van der Waals surface area (Å²) in [6.07, 6.45) is 1.76. The van der Waals surface area contributed by atoms with Gasteiger partial charge in [0, 0.05) is 18.7 Å². The Kier molecular flexibility index (Phi) is 5.73. The number of amides is 1.